The molecule has 170 valence electrons. The van der Waals surface area contributed by atoms with Gasteiger partial charge in [0.15, 0.2) is 11.5 Å². The molecule has 0 saturated heterocycles. The van der Waals surface area contributed by atoms with E-state index in [0.717, 1.165) is 16.7 Å². The summed E-state index contributed by atoms with van der Waals surface area (Å²) in [5, 5.41) is 6.41. The number of rotatable bonds is 7. The summed E-state index contributed by atoms with van der Waals surface area (Å²) < 4.78 is 11.3. The Morgan fingerprint density at radius 2 is 1.64 bits per heavy atom. The van der Waals surface area contributed by atoms with E-state index in [1.54, 1.807) is 37.4 Å². The number of hydrogen-bond donors (Lipinski definition) is 2. The molecule has 0 saturated carbocycles. The van der Waals surface area contributed by atoms with Crippen molar-refractivity contribution in [1.29, 1.82) is 0 Å². The molecule has 0 heterocycles. The van der Waals surface area contributed by atoms with Crippen molar-refractivity contribution in [2.24, 2.45) is 5.10 Å². The van der Waals surface area contributed by atoms with Crippen LogP contribution in [0.1, 0.15) is 27.8 Å². The summed E-state index contributed by atoms with van der Waals surface area (Å²) in [4.78, 5) is 24.1. The molecule has 0 fully saturated rings. The van der Waals surface area contributed by atoms with Crippen LogP contribution in [0.5, 0.6) is 11.5 Å². The van der Waals surface area contributed by atoms with E-state index in [1.165, 1.54) is 11.8 Å². The van der Waals surface area contributed by atoms with Crippen molar-refractivity contribution in [2.45, 2.75) is 27.4 Å². The molecule has 0 radical (unpaired) electrons. The Labute approximate surface area is 193 Å². The third-order valence-corrected chi connectivity index (χ3v) is 5.05. The van der Waals surface area contributed by atoms with Gasteiger partial charge in [-0.05, 0) is 73.4 Å². The largest absolute Gasteiger partial charge is 0.493 e. The lowest BCUT2D eigenvalue weighted by Crippen LogP contribution is -2.32. The Balaban J connectivity index is 1.56. The topological polar surface area (TPSA) is 89.0 Å². The van der Waals surface area contributed by atoms with Crippen LogP contribution < -0.4 is 20.2 Å². The van der Waals surface area contributed by atoms with Crippen LogP contribution >= 0.6 is 0 Å². The maximum absolute atomic E-state index is 12.1. The Morgan fingerprint density at radius 3 is 2.33 bits per heavy atom. The minimum Gasteiger partial charge on any atom is -0.493 e. The number of hydrogen-bond acceptors (Lipinski definition) is 5. The van der Waals surface area contributed by atoms with E-state index in [0.29, 0.717) is 29.4 Å². The highest BCUT2D eigenvalue weighted by atomic mass is 16.5. The number of amides is 2. The van der Waals surface area contributed by atoms with Crippen molar-refractivity contribution in [3.8, 4) is 11.5 Å². The smallest absolute Gasteiger partial charge is 0.329 e. The van der Waals surface area contributed by atoms with Crippen LogP contribution in [-0.4, -0.2) is 25.1 Å². The fourth-order valence-electron chi connectivity index (χ4n) is 2.95. The van der Waals surface area contributed by atoms with Crippen molar-refractivity contribution >= 4 is 23.7 Å². The van der Waals surface area contributed by atoms with Crippen LogP contribution in [0, 0.1) is 20.8 Å². The van der Waals surface area contributed by atoms with Crippen molar-refractivity contribution in [3.63, 3.8) is 0 Å². The molecule has 0 aliphatic rings. The van der Waals surface area contributed by atoms with E-state index in [-0.39, 0.29) is 0 Å². The van der Waals surface area contributed by atoms with Gasteiger partial charge in [-0.1, -0.05) is 35.9 Å². The van der Waals surface area contributed by atoms with E-state index in [2.05, 4.69) is 15.8 Å². The van der Waals surface area contributed by atoms with Crippen molar-refractivity contribution in [2.75, 3.05) is 12.4 Å². The Kier molecular flexibility index (Phi) is 7.81. The van der Waals surface area contributed by atoms with Gasteiger partial charge in [-0.2, -0.15) is 5.10 Å². The normalized spacial score (nSPS) is 10.7. The summed E-state index contributed by atoms with van der Waals surface area (Å²) in [7, 11) is 1.55. The first-order valence-electron chi connectivity index (χ1n) is 10.4. The first kappa shape index (κ1) is 23.5. The van der Waals surface area contributed by atoms with E-state index < -0.39 is 11.8 Å². The SMILES string of the molecule is COc1cc(C=NNC(=O)C(=O)Nc2ccc(C)c(C)c2)ccc1OCc1ccc(C)cc1. The average molecular weight is 446 g/mol. The van der Waals surface area contributed by atoms with Crippen molar-refractivity contribution in [1.82, 2.24) is 5.43 Å². The van der Waals surface area contributed by atoms with Gasteiger partial charge in [-0.3, -0.25) is 9.59 Å². The second kappa shape index (κ2) is 10.9. The summed E-state index contributed by atoms with van der Waals surface area (Å²) in [6.07, 6.45) is 1.42. The number of nitrogens with one attached hydrogen (secondary N) is 2. The van der Waals surface area contributed by atoms with Gasteiger partial charge in [0.25, 0.3) is 0 Å². The second-order valence-electron chi connectivity index (χ2n) is 7.64. The molecule has 0 unspecified atom stereocenters. The minimum absolute atomic E-state index is 0.412. The minimum atomic E-state index is -0.866. The molecule has 2 amide bonds. The molecule has 3 rings (SSSR count). The van der Waals surface area contributed by atoms with Crippen LogP contribution in [0.15, 0.2) is 65.8 Å². The van der Waals surface area contributed by atoms with Gasteiger partial charge in [0, 0.05) is 5.69 Å². The molecule has 3 aromatic rings. The molecule has 33 heavy (non-hydrogen) atoms. The van der Waals surface area contributed by atoms with Gasteiger partial charge >= 0.3 is 11.8 Å². The third-order valence-electron chi connectivity index (χ3n) is 5.05. The zero-order valence-corrected chi connectivity index (χ0v) is 19.1. The highest BCUT2D eigenvalue weighted by Crippen LogP contribution is 2.28. The monoisotopic (exact) mass is 445 g/mol. The first-order valence-corrected chi connectivity index (χ1v) is 10.4. The van der Waals surface area contributed by atoms with Crippen LogP contribution in [0.25, 0.3) is 0 Å². The van der Waals surface area contributed by atoms with Gasteiger partial charge in [-0.15, -0.1) is 0 Å². The Bertz CT molecular complexity index is 1170. The number of methoxy groups -OCH3 is 1. The number of hydrazone groups is 1. The molecule has 0 bridgehead atoms. The molecule has 2 N–H and O–H groups in total. The predicted octanol–water partition coefficient (Wildman–Crippen LogP) is 4.29. The Morgan fingerprint density at radius 1 is 0.879 bits per heavy atom. The molecule has 3 aromatic carbocycles. The number of nitrogens with zero attached hydrogens (tertiary/aromatic N) is 1. The lowest BCUT2D eigenvalue weighted by molar-refractivity contribution is -0.136. The standard InChI is InChI=1S/C26H27N3O4/c1-17-5-8-20(9-6-17)16-33-23-12-10-21(14-24(23)32-4)15-27-29-26(31)25(30)28-22-11-7-18(2)19(3)13-22/h5-15H,16H2,1-4H3,(H,28,30)(H,29,31). The molecule has 0 atom stereocenters. The lowest BCUT2D eigenvalue weighted by atomic mass is 10.1. The summed E-state index contributed by atoms with van der Waals surface area (Å²) in [5.74, 6) is -0.542. The van der Waals surface area contributed by atoms with Crippen molar-refractivity contribution in [3.05, 3.63) is 88.5 Å². The quantitative estimate of drug-likeness (QED) is 0.323. The van der Waals surface area contributed by atoms with E-state index in [4.69, 9.17) is 9.47 Å². The van der Waals surface area contributed by atoms with Gasteiger partial charge in [0.05, 0.1) is 13.3 Å². The fraction of sp³-hybridized carbons (Fsp3) is 0.192. The van der Waals surface area contributed by atoms with Crippen molar-refractivity contribution < 1.29 is 19.1 Å². The second-order valence-corrected chi connectivity index (χ2v) is 7.64. The summed E-state index contributed by atoms with van der Waals surface area (Å²) in [5.41, 5.74) is 7.81. The number of benzene rings is 3. The zero-order valence-electron chi connectivity index (χ0n) is 19.1. The van der Waals surface area contributed by atoms with Gasteiger partial charge in [0.1, 0.15) is 6.61 Å². The number of ether oxygens (including phenoxy) is 2. The predicted molar refractivity (Wildman–Crippen MR) is 129 cm³/mol. The van der Waals surface area contributed by atoms with E-state index >= 15 is 0 Å². The maximum Gasteiger partial charge on any atom is 0.329 e. The summed E-state index contributed by atoms with van der Waals surface area (Å²) in [6, 6.07) is 18.8. The van der Waals surface area contributed by atoms with Crippen LogP contribution in [0.2, 0.25) is 0 Å². The lowest BCUT2D eigenvalue weighted by Gasteiger charge is -2.11. The average Bonchev–Trinajstić information content (AvgIpc) is 2.81. The molecule has 0 aliphatic carbocycles. The fourth-order valence-corrected chi connectivity index (χ4v) is 2.95. The van der Waals surface area contributed by atoms with Crippen LogP contribution in [-0.2, 0) is 16.2 Å². The molecule has 7 heteroatoms. The molecule has 0 spiro atoms. The highest BCUT2D eigenvalue weighted by Gasteiger charge is 2.13. The van der Waals surface area contributed by atoms with Gasteiger partial charge in [0.2, 0.25) is 0 Å². The number of carbonyl (C=O) groups excluding carboxylic acids is 2. The van der Waals surface area contributed by atoms with Gasteiger partial charge < -0.3 is 14.8 Å². The van der Waals surface area contributed by atoms with Crippen LogP contribution in [0.4, 0.5) is 5.69 Å². The van der Waals surface area contributed by atoms with E-state index in [9.17, 15) is 9.59 Å². The molecular formula is C26H27N3O4. The van der Waals surface area contributed by atoms with Crippen LogP contribution in [0.3, 0.4) is 0 Å². The summed E-state index contributed by atoms with van der Waals surface area (Å²) in [6.45, 7) is 6.35. The molecule has 7 nitrogen and oxygen atoms in total. The third kappa shape index (κ3) is 6.67. The molecular weight excluding hydrogens is 418 g/mol. The first-order chi connectivity index (χ1) is 15.9. The number of carbonyl (C=O) groups is 2. The van der Waals surface area contributed by atoms with Gasteiger partial charge in [-0.25, -0.2) is 5.43 Å². The maximum atomic E-state index is 12.1. The number of aryl methyl sites for hydroxylation is 3. The Hall–Kier alpha value is -4.13. The zero-order chi connectivity index (χ0) is 23.8. The molecule has 0 aromatic heterocycles. The molecule has 0 aliphatic heterocycles. The highest BCUT2D eigenvalue weighted by molar-refractivity contribution is 6.39. The van der Waals surface area contributed by atoms with E-state index in [1.807, 2.05) is 51.1 Å². The number of anilines is 1. The summed E-state index contributed by atoms with van der Waals surface area (Å²) >= 11 is 0.